The summed E-state index contributed by atoms with van der Waals surface area (Å²) < 4.78 is 19.3. The number of hydrogen-bond acceptors (Lipinski definition) is 2. The Kier molecular flexibility index (Phi) is 5.41. The lowest BCUT2D eigenvalue weighted by Gasteiger charge is -2.11. The maximum Gasteiger partial charge on any atom is 0.247 e. The molecule has 0 fully saturated rings. The van der Waals surface area contributed by atoms with Crippen molar-refractivity contribution in [1.82, 2.24) is 0 Å². The largest absolute Gasteiger partial charge is 0.486 e. The molecule has 0 spiro atoms. The molecule has 114 valence electrons. The molecule has 2 aromatic carbocycles. The van der Waals surface area contributed by atoms with Gasteiger partial charge in [0.1, 0.15) is 6.61 Å². The van der Waals surface area contributed by atoms with Crippen LogP contribution in [-0.2, 0) is 11.4 Å². The first kappa shape index (κ1) is 16.3. The highest BCUT2D eigenvalue weighted by molar-refractivity contribution is 6.35. The minimum absolute atomic E-state index is 0.0348. The Hall–Kier alpha value is -2.04. The van der Waals surface area contributed by atoms with E-state index in [-0.39, 0.29) is 12.4 Å². The fourth-order valence-electron chi connectivity index (χ4n) is 1.71. The number of amides is 1. The molecular weight excluding hydrogens is 328 g/mol. The minimum Gasteiger partial charge on any atom is -0.486 e. The number of anilines is 1. The van der Waals surface area contributed by atoms with E-state index in [1.165, 1.54) is 12.1 Å². The van der Waals surface area contributed by atoms with Crippen molar-refractivity contribution in [2.24, 2.45) is 0 Å². The molecule has 22 heavy (non-hydrogen) atoms. The maximum absolute atomic E-state index is 13.9. The third-order valence-corrected chi connectivity index (χ3v) is 3.53. The van der Waals surface area contributed by atoms with Crippen LogP contribution in [0.5, 0.6) is 5.75 Å². The Balaban J connectivity index is 2.10. The highest BCUT2D eigenvalue weighted by Crippen LogP contribution is 2.27. The zero-order valence-corrected chi connectivity index (χ0v) is 12.9. The Labute approximate surface area is 137 Å². The van der Waals surface area contributed by atoms with Gasteiger partial charge < -0.3 is 10.1 Å². The van der Waals surface area contributed by atoms with Gasteiger partial charge in [0.2, 0.25) is 5.91 Å². The van der Waals surface area contributed by atoms with Crippen molar-refractivity contribution in [2.75, 3.05) is 5.32 Å². The molecule has 0 aromatic heterocycles. The smallest absolute Gasteiger partial charge is 0.247 e. The standard InChI is InChI=1S/C16H12Cl2FNO2/c1-2-16(21)20-10-6-7-15(14(19)8-10)22-9-11-12(17)4-3-5-13(11)18/h2-8H,1,9H2,(H,20,21). The van der Waals surface area contributed by atoms with E-state index in [2.05, 4.69) is 11.9 Å². The van der Waals surface area contributed by atoms with Gasteiger partial charge >= 0.3 is 0 Å². The van der Waals surface area contributed by atoms with E-state index < -0.39 is 11.7 Å². The van der Waals surface area contributed by atoms with Crippen LogP contribution in [0.2, 0.25) is 10.0 Å². The van der Waals surface area contributed by atoms with Gasteiger partial charge in [0.25, 0.3) is 0 Å². The van der Waals surface area contributed by atoms with Gasteiger partial charge in [-0.3, -0.25) is 4.79 Å². The topological polar surface area (TPSA) is 38.3 Å². The minimum atomic E-state index is -0.606. The summed E-state index contributed by atoms with van der Waals surface area (Å²) in [5.74, 6) is -0.992. The van der Waals surface area contributed by atoms with Crippen LogP contribution in [0.3, 0.4) is 0 Å². The highest BCUT2D eigenvalue weighted by Gasteiger charge is 2.10. The molecule has 0 aliphatic rings. The molecule has 3 nitrogen and oxygen atoms in total. The van der Waals surface area contributed by atoms with Crippen LogP contribution in [-0.4, -0.2) is 5.91 Å². The molecule has 1 amide bonds. The van der Waals surface area contributed by atoms with Crippen LogP contribution in [0.15, 0.2) is 49.1 Å². The molecule has 0 aliphatic heterocycles. The molecule has 0 aliphatic carbocycles. The second kappa shape index (κ2) is 7.29. The average Bonchev–Trinajstić information content (AvgIpc) is 2.48. The first-order valence-corrected chi connectivity index (χ1v) is 7.05. The van der Waals surface area contributed by atoms with Gasteiger partial charge in [-0.15, -0.1) is 0 Å². The zero-order chi connectivity index (χ0) is 16.1. The van der Waals surface area contributed by atoms with Crippen LogP contribution in [0.1, 0.15) is 5.56 Å². The molecule has 2 aromatic rings. The van der Waals surface area contributed by atoms with Crippen LogP contribution in [0.25, 0.3) is 0 Å². The lowest BCUT2D eigenvalue weighted by molar-refractivity contribution is -0.111. The fourth-order valence-corrected chi connectivity index (χ4v) is 2.22. The van der Waals surface area contributed by atoms with Gasteiger partial charge in [-0.25, -0.2) is 4.39 Å². The highest BCUT2D eigenvalue weighted by atomic mass is 35.5. The monoisotopic (exact) mass is 339 g/mol. The molecule has 0 radical (unpaired) electrons. The molecule has 6 heteroatoms. The van der Waals surface area contributed by atoms with Gasteiger partial charge in [0, 0.05) is 27.4 Å². The lowest BCUT2D eigenvalue weighted by atomic mass is 10.2. The van der Waals surface area contributed by atoms with Gasteiger partial charge in [0.15, 0.2) is 11.6 Å². The molecule has 0 heterocycles. The SMILES string of the molecule is C=CC(=O)Nc1ccc(OCc2c(Cl)cccc2Cl)c(F)c1. The molecule has 2 rings (SSSR count). The van der Waals surface area contributed by atoms with Crippen molar-refractivity contribution in [2.45, 2.75) is 6.61 Å². The summed E-state index contributed by atoms with van der Waals surface area (Å²) in [6.07, 6.45) is 1.10. The summed E-state index contributed by atoms with van der Waals surface area (Å²) in [5, 5.41) is 3.35. The van der Waals surface area contributed by atoms with Gasteiger partial charge in [0.05, 0.1) is 0 Å². The van der Waals surface area contributed by atoms with Crippen molar-refractivity contribution in [3.63, 3.8) is 0 Å². The van der Waals surface area contributed by atoms with E-state index in [1.807, 2.05) is 0 Å². The maximum atomic E-state index is 13.9. The first-order chi connectivity index (χ1) is 10.5. The fraction of sp³-hybridized carbons (Fsp3) is 0.0625. The van der Waals surface area contributed by atoms with Gasteiger partial charge in [-0.1, -0.05) is 35.8 Å². The van der Waals surface area contributed by atoms with Crippen molar-refractivity contribution < 1.29 is 13.9 Å². The van der Waals surface area contributed by atoms with E-state index >= 15 is 0 Å². The molecule has 0 unspecified atom stereocenters. The van der Waals surface area contributed by atoms with E-state index in [1.54, 1.807) is 18.2 Å². The third kappa shape index (κ3) is 4.00. The number of hydrogen-bond donors (Lipinski definition) is 1. The number of halogens is 3. The van der Waals surface area contributed by atoms with Crippen LogP contribution < -0.4 is 10.1 Å². The average molecular weight is 340 g/mol. The van der Waals surface area contributed by atoms with E-state index in [4.69, 9.17) is 27.9 Å². The predicted octanol–water partition coefficient (Wildman–Crippen LogP) is 4.84. The first-order valence-electron chi connectivity index (χ1n) is 6.30. The molecule has 0 bridgehead atoms. The number of benzene rings is 2. The van der Waals surface area contributed by atoms with Crippen LogP contribution >= 0.6 is 23.2 Å². The summed E-state index contributed by atoms with van der Waals surface area (Å²) in [6.45, 7) is 3.36. The summed E-state index contributed by atoms with van der Waals surface area (Å²) in [4.78, 5) is 11.2. The predicted molar refractivity (Wildman–Crippen MR) is 86.0 cm³/mol. The van der Waals surface area contributed by atoms with E-state index in [9.17, 15) is 9.18 Å². The van der Waals surface area contributed by atoms with Gasteiger partial charge in [-0.05, 0) is 30.3 Å². The summed E-state index contributed by atoms with van der Waals surface area (Å²) in [5.41, 5.74) is 0.889. The number of ether oxygens (including phenoxy) is 1. The van der Waals surface area contributed by atoms with Crippen molar-refractivity contribution in [3.05, 3.63) is 70.5 Å². The number of nitrogens with one attached hydrogen (secondary N) is 1. The summed E-state index contributed by atoms with van der Waals surface area (Å²) in [7, 11) is 0. The van der Waals surface area contributed by atoms with E-state index in [0.717, 1.165) is 12.1 Å². The normalized spacial score (nSPS) is 10.1. The van der Waals surface area contributed by atoms with E-state index in [0.29, 0.717) is 21.3 Å². The molecule has 1 N–H and O–H groups in total. The van der Waals surface area contributed by atoms with Gasteiger partial charge in [-0.2, -0.15) is 0 Å². The Morgan fingerprint density at radius 1 is 1.27 bits per heavy atom. The third-order valence-electron chi connectivity index (χ3n) is 2.82. The Bertz CT molecular complexity index is 699. The van der Waals surface area contributed by atoms with Crippen molar-refractivity contribution >= 4 is 34.8 Å². The van der Waals surface area contributed by atoms with Crippen molar-refractivity contribution in [3.8, 4) is 5.75 Å². The Morgan fingerprint density at radius 3 is 2.55 bits per heavy atom. The quantitative estimate of drug-likeness (QED) is 0.792. The number of carbonyl (C=O) groups is 1. The number of rotatable bonds is 5. The summed E-state index contributed by atoms with van der Waals surface area (Å²) in [6, 6.07) is 9.16. The second-order valence-electron chi connectivity index (χ2n) is 4.33. The number of carbonyl (C=O) groups excluding carboxylic acids is 1. The molecule has 0 saturated carbocycles. The van der Waals surface area contributed by atoms with Crippen LogP contribution in [0, 0.1) is 5.82 Å². The second-order valence-corrected chi connectivity index (χ2v) is 5.14. The molecule has 0 saturated heterocycles. The van der Waals surface area contributed by atoms with Crippen molar-refractivity contribution in [1.29, 1.82) is 0 Å². The lowest BCUT2D eigenvalue weighted by Crippen LogP contribution is -2.07. The Morgan fingerprint density at radius 2 is 1.95 bits per heavy atom. The molecule has 0 atom stereocenters. The zero-order valence-electron chi connectivity index (χ0n) is 11.4. The molecular formula is C16H12Cl2FNO2. The van der Waals surface area contributed by atoms with Crippen LogP contribution in [0.4, 0.5) is 10.1 Å². The summed E-state index contributed by atoms with van der Waals surface area (Å²) >= 11 is 12.0.